The highest BCUT2D eigenvalue weighted by molar-refractivity contribution is 7.23. The molecular formula is C24H27ClN2O3S. The van der Waals surface area contributed by atoms with Crippen LogP contribution in [0.3, 0.4) is 0 Å². The molecule has 4 rings (SSSR count). The highest BCUT2D eigenvalue weighted by Gasteiger charge is 2.27. The molecule has 5 nitrogen and oxygen atoms in total. The minimum atomic E-state index is 0.00180. The van der Waals surface area contributed by atoms with E-state index in [2.05, 4.69) is 26.0 Å². The predicted molar refractivity (Wildman–Crippen MR) is 127 cm³/mol. The summed E-state index contributed by atoms with van der Waals surface area (Å²) in [6, 6.07) is 11.9. The second-order valence-corrected chi connectivity index (χ2v) is 9.52. The van der Waals surface area contributed by atoms with Gasteiger partial charge < -0.3 is 9.47 Å². The number of thiazole rings is 1. The fourth-order valence-corrected chi connectivity index (χ4v) is 5.07. The standard InChI is InChI=1S/C24H27ClN2O3S/c1-15(2)17-8-6-16(7-9-17)13-21(28)27(14-18-5-4-12-30-18)24-26-22-20(29-3)11-10-19(25)23(22)31-24/h6-11,15,18H,4-5,12-14H2,1-3H3. The van der Waals surface area contributed by atoms with Crippen LogP contribution in [0.1, 0.15) is 43.7 Å². The molecule has 0 aliphatic carbocycles. The van der Waals surface area contributed by atoms with Gasteiger partial charge >= 0.3 is 0 Å². The van der Waals surface area contributed by atoms with Gasteiger partial charge in [0.25, 0.3) is 0 Å². The second kappa shape index (κ2) is 9.55. The third kappa shape index (κ3) is 4.86. The van der Waals surface area contributed by atoms with Crippen molar-refractivity contribution in [1.82, 2.24) is 4.98 Å². The van der Waals surface area contributed by atoms with E-state index in [1.807, 2.05) is 12.1 Å². The van der Waals surface area contributed by atoms with E-state index in [0.29, 0.717) is 40.3 Å². The predicted octanol–water partition coefficient (Wildman–Crippen LogP) is 5.84. The van der Waals surface area contributed by atoms with Gasteiger partial charge in [-0.3, -0.25) is 9.69 Å². The van der Waals surface area contributed by atoms with Crippen LogP contribution >= 0.6 is 22.9 Å². The molecule has 7 heteroatoms. The van der Waals surface area contributed by atoms with E-state index in [4.69, 9.17) is 26.1 Å². The van der Waals surface area contributed by atoms with Gasteiger partial charge in [-0.1, -0.05) is 61.1 Å². The van der Waals surface area contributed by atoms with Gasteiger partial charge in [-0.2, -0.15) is 0 Å². The van der Waals surface area contributed by atoms with Gasteiger partial charge in [0.05, 0.1) is 35.9 Å². The molecule has 1 aliphatic heterocycles. The van der Waals surface area contributed by atoms with Crippen LogP contribution in [0.25, 0.3) is 10.2 Å². The van der Waals surface area contributed by atoms with Crippen LogP contribution in [0, 0.1) is 0 Å². The number of benzene rings is 2. The van der Waals surface area contributed by atoms with E-state index in [1.165, 1.54) is 16.9 Å². The number of ether oxygens (including phenoxy) is 2. The van der Waals surface area contributed by atoms with Crippen LogP contribution in [0.2, 0.25) is 5.02 Å². The molecule has 31 heavy (non-hydrogen) atoms. The monoisotopic (exact) mass is 458 g/mol. The smallest absolute Gasteiger partial charge is 0.233 e. The number of carbonyl (C=O) groups excluding carboxylic acids is 1. The fraction of sp³-hybridized carbons (Fsp3) is 0.417. The molecule has 1 amide bonds. The number of methoxy groups -OCH3 is 1. The maximum Gasteiger partial charge on any atom is 0.233 e. The van der Waals surface area contributed by atoms with Gasteiger partial charge in [-0.05, 0) is 42.0 Å². The number of aromatic nitrogens is 1. The third-order valence-corrected chi connectivity index (χ3v) is 7.15. The Kier molecular flexibility index (Phi) is 6.80. The van der Waals surface area contributed by atoms with E-state index in [-0.39, 0.29) is 12.0 Å². The van der Waals surface area contributed by atoms with Crippen molar-refractivity contribution < 1.29 is 14.3 Å². The van der Waals surface area contributed by atoms with Crippen molar-refractivity contribution in [1.29, 1.82) is 0 Å². The number of anilines is 1. The molecule has 0 bridgehead atoms. The Bertz CT molecular complexity index is 1060. The molecule has 1 fully saturated rings. The lowest BCUT2D eigenvalue weighted by molar-refractivity contribution is -0.118. The molecule has 1 aliphatic rings. The molecule has 1 unspecified atom stereocenters. The summed E-state index contributed by atoms with van der Waals surface area (Å²) < 4.78 is 12.1. The Hall–Kier alpha value is -2.15. The summed E-state index contributed by atoms with van der Waals surface area (Å²) in [5, 5.41) is 1.23. The first-order valence-corrected chi connectivity index (χ1v) is 11.8. The molecule has 1 atom stereocenters. The largest absolute Gasteiger partial charge is 0.494 e. The summed E-state index contributed by atoms with van der Waals surface area (Å²) in [6.07, 6.45) is 2.30. The van der Waals surface area contributed by atoms with Crippen LogP contribution in [-0.4, -0.2) is 37.3 Å². The van der Waals surface area contributed by atoms with Crippen molar-refractivity contribution in [2.24, 2.45) is 0 Å². The lowest BCUT2D eigenvalue weighted by atomic mass is 10.0. The minimum absolute atomic E-state index is 0.00180. The molecule has 0 saturated carbocycles. The lowest BCUT2D eigenvalue weighted by Gasteiger charge is -2.23. The normalized spacial score (nSPS) is 16.2. The van der Waals surface area contributed by atoms with Crippen LogP contribution < -0.4 is 9.64 Å². The maximum absolute atomic E-state index is 13.4. The number of amides is 1. The van der Waals surface area contributed by atoms with Gasteiger partial charge in [0.1, 0.15) is 11.3 Å². The molecular weight excluding hydrogens is 432 g/mol. The Morgan fingerprint density at radius 2 is 2.06 bits per heavy atom. The number of nitrogens with zero attached hydrogens (tertiary/aromatic N) is 2. The average molecular weight is 459 g/mol. The summed E-state index contributed by atoms with van der Waals surface area (Å²) in [5.74, 6) is 1.11. The van der Waals surface area contributed by atoms with Crippen LogP contribution in [0.5, 0.6) is 5.75 Å². The van der Waals surface area contributed by atoms with Crippen LogP contribution in [-0.2, 0) is 16.0 Å². The summed E-state index contributed by atoms with van der Waals surface area (Å²) in [4.78, 5) is 19.9. The van der Waals surface area contributed by atoms with Crippen LogP contribution in [0.15, 0.2) is 36.4 Å². The summed E-state index contributed by atoms with van der Waals surface area (Å²) in [6.45, 7) is 5.55. The molecule has 0 spiro atoms. The van der Waals surface area contributed by atoms with Crippen molar-refractivity contribution in [3.63, 3.8) is 0 Å². The van der Waals surface area contributed by atoms with Gasteiger partial charge in [0.2, 0.25) is 5.91 Å². The molecule has 1 aromatic heterocycles. The SMILES string of the molecule is COc1ccc(Cl)c2sc(N(CC3CCCO3)C(=O)Cc3ccc(C(C)C)cc3)nc12. The van der Waals surface area contributed by atoms with E-state index in [9.17, 15) is 4.79 Å². The summed E-state index contributed by atoms with van der Waals surface area (Å²) in [5.41, 5.74) is 2.94. The van der Waals surface area contributed by atoms with Crippen molar-refractivity contribution >= 4 is 44.2 Å². The van der Waals surface area contributed by atoms with Gasteiger partial charge in [-0.25, -0.2) is 4.98 Å². The van der Waals surface area contributed by atoms with Crippen molar-refractivity contribution in [2.75, 3.05) is 25.2 Å². The van der Waals surface area contributed by atoms with Gasteiger partial charge in [0.15, 0.2) is 5.13 Å². The average Bonchev–Trinajstić information content (AvgIpc) is 3.43. The molecule has 1 saturated heterocycles. The summed E-state index contributed by atoms with van der Waals surface area (Å²) in [7, 11) is 1.61. The molecule has 2 aromatic carbocycles. The Balaban J connectivity index is 1.64. The van der Waals surface area contributed by atoms with Crippen LogP contribution in [0.4, 0.5) is 5.13 Å². The van der Waals surface area contributed by atoms with Crippen molar-refractivity contribution in [3.8, 4) is 5.75 Å². The zero-order valence-corrected chi connectivity index (χ0v) is 19.6. The molecule has 3 aromatic rings. The van der Waals surface area contributed by atoms with Crippen molar-refractivity contribution in [3.05, 3.63) is 52.5 Å². The zero-order chi connectivity index (χ0) is 22.0. The Morgan fingerprint density at radius 3 is 2.71 bits per heavy atom. The van der Waals surface area contributed by atoms with Gasteiger partial charge in [-0.15, -0.1) is 0 Å². The highest BCUT2D eigenvalue weighted by atomic mass is 35.5. The van der Waals surface area contributed by atoms with Gasteiger partial charge in [0, 0.05) is 6.61 Å². The zero-order valence-electron chi connectivity index (χ0n) is 18.1. The first-order chi connectivity index (χ1) is 15.0. The second-order valence-electron chi connectivity index (χ2n) is 8.14. The molecule has 2 heterocycles. The number of rotatable bonds is 7. The first kappa shape index (κ1) is 22.1. The van der Waals surface area contributed by atoms with E-state index in [1.54, 1.807) is 24.1 Å². The topological polar surface area (TPSA) is 51.7 Å². The highest BCUT2D eigenvalue weighted by Crippen LogP contribution is 2.39. The Morgan fingerprint density at radius 1 is 1.29 bits per heavy atom. The minimum Gasteiger partial charge on any atom is -0.494 e. The lowest BCUT2D eigenvalue weighted by Crippen LogP contribution is -2.38. The van der Waals surface area contributed by atoms with Crippen molar-refractivity contribution in [2.45, 2.75) is 45.1 Å². The number of fused-ring (bicyclic) bond motifs is 1. The fourth-order valence-electron chi connectivity index (χ4n) is 3.79. The van der Waals surface area contributed by atoms with E-state index < -0.39 is 0 Å². The first-order valence-electron chi connectivity index (χ1n) is 10.6. The number of hydrogen-bond donors (Lipinski definition) is 0. The quantitative estimate of drug-likeness (QED) is 0.446. The molecule has 164 valence electrons. The maximum atomic E-state index is 13.4. The van der Waals surface area contributed by atoms with E-state index >= 15 is 0 Å². The number of halogens is 1. The van der Waals surface area contributed by atoms with E-state index in [0.717, 1.165) is 29.7 Å². The number of carbonyl (C=O) groups is 1. The number of hydrogen-bond acceptors (Lipinski definition) is 5. The summed E-state index contributed by atoms with van der Waals surface area (Å²) >= 11 is 7.83. The third-order valence-electron chi connectivity index (χ3n) is 5.61. The molecule has 0 radical (unpaired) electrons. The molecule has 0 N–H and O–H groups in total. The Labute approximate surface area is 191 Å².